The van der Waals surface area contributed by atoms with Gasteiger partial charge in [-0.1, -0.05) is 32.8 Å². The topological polar surface area (TPSA) is 42.0 Å². The highest BCUT2D eigenvalue weighted by atomic mass is 16.5. The number of rotatable bonds is 7. The van der Waals surface area contributed by atoms with Crippen LogP contribution in [-0.2, 0) is 4.79 Å². The highest BCUT2D eigenvalue weighted by Crippen LogP contribution is 2.54. The minimum atomic E-state index is -0.226. The van der Waals surface area contributed by atoms with Gasteiger partial charge in [-0.25, -0.2) is 0 Å². The van der Waals surface area contributed by atoms with Crippen LogP contribution in [-0.4, -0.2) is 55.5 Å². The number of unbranched alkanes of at least 4 members (excludes halogenated alkanes) is 1. The van der Waals surface area contributed by atoms with Crippen molar-refractivity contribution in [2.75, 3.05) is 39.9 Å². The van der Waals surface area contributed by atoms with E-state index >= 15 is 0 Å². The second-order valence-electron chi connectivity index (χ2n) is 8.80. The van der Waals surface area contributed by atoms with E-state index in [1.54, 1.807) is 7.11 Å². The van der Waals surface area contributed by atoms with Crippen LogP contribution >= 0.6 is 0 Å². The van der Waals surface area contributed by atoms with Crippen molar-refractivity contribution in [2.45, 2.75) is 46.2 Å². The summed E-state index contributed by atoms with van der Waals surface area (Å²) in [6.07, 6.45) is 3.52. The molecule has 4 heterocycles. The van der Waals surface area contributed by atoms with E-state index in [1.165, 1.54) is 5.56 Å². The summed E-state index contributed by atoms with van der Waals surface area (Å²) in [6, 6.07) is 6.29. The van der Waals surface area contributed by atoms with Crippen LogP contribution in [0.2, 0.25) is 0 Å². The number of methoxy groups -OCH3 is 1. The molecule has 1 aromatic carbocycles. The van der Waals surface area contributed by atoms with Crippen LogP contribution in [0.25, 0.3) is 0 Å². The third-order valence-electron chi connectivity index (χ3n) is 6.63. The fraction of sp³-hybridized carbons (Fsp3) is 0.682. The molecule has 0 aliphatic carbocycles. The number of benzene rings is 1. The number of hydrogen-bond acceptors (Lipinski definition) is 5. The molecule has 4 bridgehead atoms. The lowest BCUT2D eigenvalue weighted by Gasteiger charge is -2.65. The molecular formula is C22H32N2O3. The zero-order chi connectivity index (χ0) is 19.2. The highest BCUT2D eigenvalue weighted by Gasteiger charge is 2.63. The van der Waals surface area contributed by atoms with E-state index in [9.17, 15) is 4.79 Å². The normalized spacial score (nSPS) is 36.9. The molecule has 1 aromatic rings. The Hall–Kier alpha value is -1.59. The molecule has 0 amide bonds. The van der Waals surface area contributed by atoms with Crippen molar-refractivity contribution in [1.82, 2.24) is 9.80 Å². The number of carbonyl (C=O) groups is 1. The first kappa shape index (κ1) is 18.8. The molecule has 5 rings (SSSR count). The van der Waals surface area contributed by atoms with E-state index in [0.29, 0.717) is 12.4 Å². The van der Waals surface area contributed by atoms with Gasteiger partial charge in [-0.3, -0.25) is 14.6 Å². The molecule has 0 saturated carbocycles. The van der Waals surface area contributed by atoms with E-state index in [2.05, 4.69) is 35.8 Å². The van der Waals surface area contributed by atoms with Crippen molar-refractivity contribution in [2.24, 2.45) is 10.8 Å². The fourth-order valence-electron chi connectivity index (χ4n) is 5.72. The van der Waals surface area contributed by atoms with E-state index in [1.807, 2.05) is 13.0 Å². The molecule has 4 aliphatic rings. The maximum absolute atomic E-state index is 13.3. The molecule has 4 fully saturated rings. The van der Waals surface area contributed by atoms with Crippen LogP contribution in [0.3, 0.4) is 0 Å². The Morgan fingerprint density at radius 2 is 1.81 bits per heavy atom. The van der Waals surface area contributed by atoms with E-state index < -0.39 is 0 Å². The van der Waals surface area contributed by atoms with Gasteiger partial charge in [0.05, 0.1) is 30.7 Å². The molecule has 0 spiro atoms. The van der Waals surface area contributed by atoms with Crippen molar-refractivity contribution >= 4 is 5.78 Å². The van der Waals surface area contributed by atoms with Crippen molar-refractivity contribution in [3.05, 3.63) is 23.8 Å². The molecular weight excluding hydrogens is 340 g/mol. The molecule has 4 aliphatic heterocycles. The van der Waals surface area contributed by atoms with Crippen LogP contribution in [0, 0.1) is 10.8 Å². The summed E-state index contributed by atoms with van der Waals surface area (Å²) in [5.41, 5.74) is 0.833. The van der Waals surface area contributed by atoms with Crippen molar-refractivity contribution in [1.29, 1.82) is 0 Å². The maximum Gasteiger partial charge on any atom is 0.161 e. The molecule has 5 heteroatoms. The molecule has 27 heavy (non-hydrogen) atoms. The second-order valence-corrected chi connectivity index (χ2v) is 8.80. The molecule has 148 valence electrons. The summed E-state index contributed by atoms with van der Waals surface area (Å²) >= 11 is 0. The molecule has 2 atom stereocenters. The van der Waals surface area contributed by atoms with Crippen molar-refractivity contribution in [3.63, 3.8) is 0 Å². The second kappa shape index (κ2) is 6.78. The summed E-state index contributed by atoms with van der Waals surface area (Å²) in [6.45, 7) is 10.5. The third kappa shape index (κ3) is 2.87. The van der Waals surface area contributed by atoms with Gasteiger partial charge in [0, 0.05) is 26.2 Å². The van der Waals surface area contributed by atoms with Crippen molar-refractivity contribution in [3.8, 4) is 11.5 Å². The zero-order valence-electron chi connectivity index (χ0n) is 17.1. The van der Waals surface area contributed by atoms with Gasteiger partial charge < -0.3 is 9.47 Å². The minimum Gasteiger partial charge on any atom is -0.493 e. The van der Waals surface area contributed by atoms with Gasteiger partial charge in [-0.2, -0.15) is 0 Å². The van der Waals surface area contributed by atoms with E-state index in [0.717, 1.165) is 56.9 Å². The lowest BCUT2D eigenvalue weighted by atomic mass is 9.59. The van der Waals surface area contributed by atoms with E-state index in [4.69, 9.17) is 9.47 Å². The Kier molecular flexibility index (Phi) is 4.71. The van der Waals surface area contributed by atoms with Gasteiger partial charge in [-0.15, -0.1) is 0 Å². The molecule has 0 aromatic heterocycles. The number of carbonyl (C=O) groups excluding carboxylic acids is 1. The molecule has 0 N–H and O–H groups in total. The minimum absolute atomic E-state index is 0.174. The lowest BCUT2D eigenvalue weighted by Crippen LogP contribution is -2.76. The summed E-state index contributed by atoms with van der Waals surface area (Å²) in [7, 11) is 1.69. The van der Waals surface area contributed by atoms with Gasteiger partial charge >= 0.3 is 0 Å². The van der Waals surface area contributed by atoms with Crippen LogP contribution in [0.5, 0.6) is 11.5 Å². The lowest BCUT2D eigenvalue weighted by molar-refractivity contribution is -0.201. The molecule has 2 unspecified atom stereocenters. The summed E-state index contributed by atoms with van der Waals surface area (Å²) in [5.74, 6) is 2.09. The average molecular weight is 373 g/mol. The number of ether oxygens (including phenoxy) is 2. The number of piperidine rings is 2. The Balaban J connectivity index is 1.66. The van der Waals surface area contributed by atoms with Crippen LogP contribution in [0.15, 0.2) is 18.2 Å². The van der Waals surface area contributed by atoms with Crippen molar-refractivity contribution < 1.29 is 14.3 Å². The first-order valence-electron chi connectivity index (χ1n) is 10.3. The van der Waals surface area contributed by atoms with Gasteiger partial charge in [-0.05, 0) is 31.0 Å². The largest absolute Gasteiger partial charge is 0.493 e. The average Bonchev–Trinajstić information content (AvgIpc) is 2.64. The van der Waals surface area contributed by atoms with Gasteiger partial charge in [0.2, 0.25) is 0 Å². The number of nitrogens with zero attached hydrogens (tertiary/aromatic N) is 2. The van der Waals surface area contributed by atoms with Gasteiger partial charge in [0.1, 0.15) is 5.78 Å². The zero-order valence-corrected chi connectivity index (χ0v) is 17.1. The summed E-state index contributed by atoms with van der Waals surface area (Å²) < 4.78 is 11.3. The fourth-order valence-corrected chi connectivity index (χ4v) is 5.72. The maximum atomic E-state index is 13.3. The molecule has 4 saturated heterocycles. The standard InChI is InChI=1S/C22H32N2O3/c1-5-7-10-22-14-23-12-21(3,20(22)25)13-24(15-22)19(23)16-8-9-17(27-6-2)18(11-16)26-4/h8-9,11,19H,5-7,10,12-15H2,1-4H3. The van der Waals surface area contributed by atoms with Crippen LogP contribution in [0.1, 0.15) is 51.8 Å². The predicted molar refractivity (Wildman–Crippen MR) is 105 cm³/mol. The number of hydrogen-bond donors (Lipinski definition) is 0. The highest BCUT2D eigenvalue weighted by molar-refractivity contribution is 5.93. The van der Waals surface area contributed by atoms with Crippen LogP contribution in [0.4, 0.5) is 0 Å². The van der Waals surface area contributed by atoms with Gasteiger partial charge in [0.25, 0.3) is 0 Å². The number of ketones is 1. The monoisotopic (exact) mass is 372 g/mol. The first-order valence-corrected chi connectivity index (χ1v) is 10.3. The Labute approximate surface area is 162 Å². The summed E-state index contributed by atoms with van der Waals surface area (Å²) in [5, 5.41) is 0. The molecule has 5 nitrogen and oxygen atoms in total. The van der Waals surface area contributed by atoms with Gasteiger partial charge in [0.15, 0.2) is 11.5 Å². The predicted octanol–water partition coefficient (Wildman–Crippen LogP) is 3.49. The quantitative estimate of drug-likeness (QED) is 0.733. The number of Topliss-reactive ketones (excluding diaryl/α,β-unsaturated/α-hetero) is 1. The molecule has 0 radical (unpaired) electrons. The third-order valence-corrected chi connectivity index (χ3v) is 6.63. The SMILES string of the molecule is CCCCC12CN3CC(C)(CN(C1)C3c1ccc(OCC)c(OC)c1)C2=O. The Morgan fingerprint density at radius 1 is 1.11 bits per heavy atom. The summed E-state index contributed by atoms with van der Waals surface area (Å²) in [4.78, 5) is 18.3. The van der Waals surface area contributed by atoms with Crippen LogP contribution < -0.4 is 9.47 Å². The Bertz CT molecular complexity index is 716. The smallest absolute Gasteiger partial charge is 0.161 e. The first-order chi connectivity index (χ1) is 13.0. The Morgan fingerprint density at radius 3 is 2.41 bits per heavy atom. The van der Waals surface area contributed by atoms with E-state index in [-0.39, 0.29) is 17.0 Å².